The molecule has 0 amide bonds. The van der Waals surface area contributed by atoms with Crippen LogP contribution in [0.2, 0.25) is 0 Å². The van der Waals surface area contributed by atoms with E-state index in [1.54, 1.807) is 0 Å². The van der Waals surface area contributed by atoms with Gasteiger partial charge in [0.2, 0.25) is 0 Å². The smallest absolute Gasteiger partial charge is 0.503 e. The van der Waals surface area contributed by atoms with Gasteiger partial charge >= 0.3 is 21.1 Å². The number of furan rings is 1. The van der Waals surface area contributed by atoms with Crippen LogP contribution in [0.15, 0.2) is 156 Å². The molecule has 0 atom stereocenters. The zero-order chi connectivity index (χ0) is 40.5. The van der Waals surface area contributed by atoms with Crippen molar-refractivity contribution in [1.29, 1.82) is 0 Å². The summed E-state index contributed by atoms with van der Waals surface area (Å²) in [4.78, 5) is 9.59. The largest absolute Gasteiger partial charge is 2.00 e. The Morgan fingerprint density at radius 2 is 1.39 bits per heavy atom. The predicted molar refractivity (Wildman–Crippen MR) is 228 cm³/mol. The number of hydrogen-bond donors (Lipinski definition) is 0. The van der Waals surface area contributed by atoms with Gasteiger partial charge in [-0.2, -0.15) is 6.07 Å². The number of rotatable bonds is 6. The molecule has 0 aliphatic rings. The summed E-state index contributed by atoms with van der Waals surface area (Å²) < 4.78 is 40.7. The maximum absolute atomic E-state index is 8.35. The van der Waals surface area contributed by atoms with E-state index in [0.717, 1.165) is 55.1 Å². The molecular weight excluding hydrogens is 882 g/mol. The van der Waals surface area contributed by atoms with Crippen LogP contribution in [0.3, 0.4) is 0 Å². The number of aryl methyl sites for hydroxylation is 1. The molecule has 6 aromatic carbocycles. The summed E-state index contributed by atoms with van der Waals surface area (Å²) in [6, 6.07) is 53.1. The van der Waals surface area contributed by atoms with Crippen molar-refractivity contribution in [2.75, 3.05) is 0 Å². The number of fused-ring (bicyclic) bond motifs is 6. The van der Waals surface area contributed by atoms with Gasteiger partial charge in [-0.25, -0.2) is 4.98 Å². The van der Waals surface area contributed by atoms with Crippen molar-refractivity contribution in [1.82, 2.24) is 14.5 Å². The van der Waals surface area contributed by atoms with Crippen molar-refractivity contribution in [2.24, 2.45) is 0 Å². The molecule has 0 saturated heterocycles. The summed E-state index contributed by atoms with van der Waals surface area (Å²) in [5, 5.41) is 3.82. The quantitative estimate of drug-likeness (QED) is 0.156. The van der Waals surface area contributed by atoms with Crippen LogP contribution in [0.1, 0.15) is 36.0 Å². The Hall–Kier alpha value is -6.29. The van der Waals surface area contributed by atoms with E-state index in [1.807, 2.05) is 103 Å². The van der Waals surface area contributed by atoms with E-state index in [1.165, 1.54) is 11.8 Å². The van der Waals surface area contributed by atoms with Gasteiger partial charge in [0.05, 0.1) is 5.58 Å². The number of pyridine rings is 2. The number of benzene rings is 6. The van der Waals surface area contributed by atoms with Gasteiger partial charge in [-0.1, -0.05) is 152 Å². The summed E-state index contributed by atoms with van der Waals surface area (Å²) in [6.07, 6.45) is 3.31. The molecule has 4 heterocycles. The molecule has 0 bridgehead atoms. The summed E-state index contributed by atoms with van der Waals surface area (Å²) in [6.45, 7) is 4.21. The fraction of sp³-hybridized carbons (Fsp3) is 0.0980. The van der Waals surface area contributed by atoms with Gasteiger partial charge in [0.15, 0.2) is 0 Å². The van der Waals surface area contributed by atoms with E-state index in [4.69, 9.17) is 23.2 Å². The Balaban J connectivity index is 0.00000462. The van der Waals surface area contributed by atoms with Crippen LogP contribution in [-0.4, -0.2) is 14.5 Å². The van der Waals surface area contributed by atoms with Crippen molar-refractivity contribution < 1.29 is 34.3 Å². The maximum atomic E-state index is 8.35. The van der Waals surface area contributed by atoms with Gasteiger partial charge in [0.25, 0.3) is 0 Å². The summed E-state index contributed by atoms with van der Waals surface area (Å²) in [5.41, 5.74) is 8.72. The van der Waals surface area contributed by atoms with Crippen LogP contribution in [-0.2, 0) is 26.5 Å². The van der Waals surface area contributed by atoms with E-state index in [2.05, 4.69) is 79.9 Å². The Morgan fingerprint density at radius 1 is 0.649 bits per heavy atom. The summed E-state index contributed by atoms with van der Waals surface area (Å²) in [7, 11) is 0. The zero-order valence-corrected chi connectivity index (χ0v) is 33.7. The SMILES string of the molecule is [2H]C([2H])([2H])c1cnc(-c2[c-]c(Oc3[c-]c4c(cc3)c3ccccc3n4-c3cc(C(C)(C)C)ccn3)cc3c2oc2c(-c4ccccc4)cccc23)cc1-c1ccccc1.[Pt+2]. The zero-order valence-electron chi connectivity index (χ0n) is 34.4. The fourth-order valence-electron chi connectivity index (χ4n) is 7.64. The van der Waals surface area contributed by atoms with Gasteiger partial charge in [-0.15, -0.1) is 17.5 Å². The Kier molecular flexibility index (Phi) is 8.27. The van der Waals surface area contributed by atoms with Crippen molar-refractivity contribution in [3.05, 3.63) is 175 Å². The minimum absolute atomic E-state index is 0. The van der Waals surface area contributed by atoms with E-state index in [9.17, 15) is 0 Å². The topological polar surface area (TPSA) is 53.1 Å². The third kappa shape index (κ3) is 6.42. The van der Waals surface area contributed by atoms with Crippen molar-refractivity contribution in [3.63, 3.8) is 0 Å². The molecule has 0 fully saturated rings. The van der Waals surface area contributed by atoms with Crippen LogP contribution in [0.5, 0.6) is 11.5 Å². The molecule has 4 aromatic heterocycles. The number of hydrogen-bond acceptors (Lipinski definition) is 4. The molecule has 0 unspecified atom stereocenters. The third-order valence-electron chi connectivity index (χ3n) is 10.5. The minimum atomic E-state index is -2.38. The summed E-state index contributed by atoms with van der Waals surface area (Å²) >= 11 is 0. The number of nitrogens with zero attached hydrogens (tertiary/aromatic N) is 3. The monoisotopic (exact) mass is 921 g/mol. The summed E-state index contributed by atoms with van der Waals surface area (Å²) in [5.74, 6) is 1.71. The molecule has 10 rings (SSSR count). The fourth-order valence-corrected chi connectivity index (χ4v) is 7.64. The predicted octanol–water partition coefficient (Wildman–Crippen LogP) is 13.5. The Labute approximate surface area is 350 Å². The molecule has 10 aromatic rings. The second kappa shape index (κ2) is 14.3. The molecule has 0 aliphatic carbocycles. The first kappa shape index (κ1) is 32.9. The molecule has 278 valence electrons. The molecule has 6 heteroatoms. The Bertz CT molecular complexity index is 3220. The van der Waals surface area contributed by atoms with Gasteiger partial charge < -0.3 is 18.7 Å². The van der Waals surface area contributed by atoms with E-state index in [-0.39, 0.29) is 32.0 Å². The van der Waals surface area contributed by atoms with E-state index in [0.29, 0.717) is 39.5 Å². The molecule has 57 heavy (non-hydrogen) atoms. The molecule has 5 nitrogen and oxygen atoms in total. The van der Waals surface area contributed by atoms with Crippen molar-refractivity contribution >= 4 is 43.7 Å². The van der Waals surface area contributed by atoms with Crippen molar-refractivity contribution in [2.45, 2.75) is 33.0 Å². The number of para-hydroxylation sites is 2. The minimum Gasteiger partial charge on any atom is -0.503 e. The second-order valence-electron chi connectivity index (χ2n) is 15.1. The average Bonchev–Trinajstić information content (AvgIpc) is 3.79. The second-order valence-corrected chi connectivity index (χ2v) is 15.1. The van der Waals surface area contributed by atoms with Gasteiger partial charge in [0, 0.05) is 44.5 Å². The first-order valence-electron chi connectivity index (χ1n) is 20.1. The number of aromatic nitrogens is 3. The third-order valence-corrected chi connectivity index (χ3v) is 10.5. The van der Waals surface area contributed by atoms with Crippen LogP contribution in [0, 0.1) is 19.0 Å². The standard InChI is InChI=1S/C51H37N3O2.Pt/c1-32-31-53-45(30-42(32)34-16-9-6-10-17-34)44-28-37(27-43-41-20-13-19-38(49(41)56-50(43)44)33-14-7-5-8-15-33)55-36-22-23-40-39-18-11-12-21-46(39)54(47(40)29-36)48-26-35(24-25-52-48)51(2,3)4;/h5-27,30-31H,1-4H3;/q-2;+2/i1D3;. The van der Waals surface area contributed by atoms with Crippen LogP contribution in [0.4, 0.5) is 0 Å². The molecule has 0 saturated carbocycles. The van der Waals surface area contributed by atoms with E-state index < -0.39 is 6.85 Å². The van der Waals surface area contributed by atoms with Crippen molar-refractivity contribution in [3.8, 4) is 50.8 Å². The Morgan fingerprint density at radius 3 is 2.16 bits per heavy atom. The van der Waals surface area contributed by atoms with Crippen LogP contribution < -0.4 is 4.74 Å². The normalized spacial score (nSPS) is 12.7. The number of ether oxygens (including phenoxy) is 1. The first-order chi connectivity index (χ1) is 28.5. The van der Waals surface area contributed by atoms with Gasteiger partial charge in [0.1, 0.15) is 11.4 Å². The molecule has 0 spiro atoms. The molecule has 0 N–H and O–H groups in total. The van der Waals surface area contributed by atoms with Gasteiger partial charge in [-0.05, 0) is 69.4 Å². The van der Waals surface area contributed by atoms with Gasteiger partial charge in [-0.3, -0.25) is 0 Å². The molecule has 0 aliphatic heterocycles. The molecule has 0 radical (unpaired) electrons. The maximum Gasteiger partial charge on any atom is 2.00 e. The van der Waals surface area contributed by atoms with E-state index >= 15 is 0 Å². The molecular formula is C51H37N3O2Pt. The van der Waals surface area contributed by atoms with Crippen LogP contribution >= 0.6 is 0 Å². The first-order valence-corrected chi connectivity index (χ1v) is 18.6. The van der Waals surface area contributed by atoms with Crippen LogP contribution in [0.25, 0.3) is 83.1 Å². The average molecular weight is 922 g/mol.